The van der Waals surface area contributed by atoms with Gasteiger partial charge in [0, 0.05) is 34.2 Å². The lowest BCUT2D eigenvalue weighted by Gasteiger charge is -2.24. The number of anilines is 1. The summed E-state index contributed by atoms with van der Waals surface area (Å²) in [7, 11) is 0. The van der Waals surface area contributed by atoms with E-state index in [0.29, 0.717) is 27.6 Å². The molecule has 0 saturated carbocycles. The van der Waals surface area contributed by atoms with Gasteiger partial charge in [0.25, 0.3) is 0 Å². The molecule has 0 aliphatic heterocycles. The number of Topliss-reactive ketones (excluding diaryl/α,β-unsaturated/α-hetero) is 1. The van der Waals surface area contributed by atoms with Crippen LogP contribution in [0.1, 0.15) is 35.9 Å². The van der Waals surface area contributed by atoms with Gasteiger partial charge < -0.3 is 14.9 Å². The number of ketones is 1. The van der Waals surface area contributed by atoms with Gasteiger partial charge in [-0.25, -0.2) is 9.59 Å². The molecule has 2 atom stereocenters. The molecule has 0 aliphatic rings. The zero-order valence-electron chi connectivity index (χ0n) is 17.6. The summed E-state index contributed by atoms with van der Waals surface area (Å²) in [6.07, 6.45) is 0.886. The maximum absolute atomic E-state index is 12.7. The number of aliphatic carboxylic acids is 1. The second-order valence-electron chi connectivity index (χ2n) is 7.36. The summed E-state index contributed by atoms with van der Waals surface area (Å²) in [5, 5.41) is 23.1. The van der Waals surface area contributed by atoms with E-state index in [-0.39, 0.29) is 11.5 Å². The lowest BCUT2D eigenvalue weighted by atomic mass is 9.92. The molecule has 3 rings (SSSR count). The number of hydrogen-bond acceptors (Lipinski definition) is 5. The Bertz CT molecular complexity index is 1180. The summed E-state index contributed by atoms with van der Waals surface area (Å²) >= 11 is 0. The number of phenolic OH excluding ortho intramolecular Hbond substituents is 1. The number of fused-ring (bicyclic) bond motifs is 1. The van der Waals surface area contributed by atoms with Crippen molar-refractivity contribution >= 4 is 34.3 Å². The molecular formula is C25H23NO6. The predicted molar refractivity (Wildman–Crippen MR) is 121 cm³/mol. The van der Waals surface area contributed by atoms with Crippen LogP contribution in [0.5, 0.6) is 5.75 Å². The van der Waals surface area contributed by atoms with E-state index in [1.165, 1.54) is 19.1 Å². The number of nitrogens with one attached hydrogen (secondary N) is 1. The Hall–Kier alpha value is -4.13. The van der Waals surface area contributed by atoms with Crippen LogP contribution in [0.4, 0.5) is 10.5 Å². The normalized spacial score (nSPS) is 12.9. The Balaban J connectivity index is 1.92. The largest absolute Gasteiger partial charge is 0.507 e. The number of carbonyl (C=O) groups is 3. The summed E-state index contributed by atoms with van der Waals surface area (Å²) in [5.74, 6) is -1.59. The Kier molecular flexibility index (Phi) is 6.90. The van der Waals surface area contributed by atoms with Gasteiger partial charge in [-0.3, -0.25) is 10.1 Å². The molecule has 0 saturated heterocycles. The first-order chi connectivity index (χ1) is 15.3. The van der Waals surface area contributed by atoms with Crippen LogP contribution in [0.3, 0.4) is 0 Å². The van der Waals surface area contributed by atoms with E-state index in [4.69, 9.17) is 9.84 Å². The molecule has 0 radical (unpaired) electrons. The number of amides is 1. The highest BCUT2D eigenvalue weighted by Gasteiger charge is 2.25. The standard InChI is InChI=1S/C25H23NO6/c1-15(7-14-23(29)30)24(21-12-13-22(28)20-6-4-3-5-19(20)21)32-25(31)26-18-10-8-17(9-11-18)16(2)27/h3-15,24,28H,1-2H3,(H,26,31)(H,29,30)/b14-7+/t15-,24+/m0/s1. The molecule has 0 unspecified atom stereocenters. The molecular weight excluding hydrogens is 410 g/mol. The Morgan fingerprint density at radius 1 is 0.969 bits per heavy atom. The number of hydrogen-bond donors (Lipinski definition) is 3. The molecule has 3 aromatic rings. The van der Waals surface area contributed by atoms with E-state index in [1.807, 2.05) is 0 Å². The topological polar surface area (TPSA) is 113 Å². The predicted octanol–water partition coefficient (Wildman–Crippen LogP) is 5.31. The molecule has 7 heteroatoms. The van der Waals surface area contributed by atoms with Crippen molar-refractivity contribution in [3.63, 3.8) is 0 Å². The van der Waals surface area contributed by atoms with Crippen LogP contribution < -0.4 is 5.32 Å². The number of aromatic hydroxyl groups is 1. The van der Waals surface area contributed by atoms with Crippen molar-refractivity contribution in [2.45, 2.75) is 20.0 Å². The highest BCUT2D eigenvalue weighted by molar-refractivity contribution is 5.95. The van der Waals surface area contributed by atoms with E-state index in [0.717, 1.165) is 6.08 Å². The summed E-state index contributed by atoms with van der Waals surface area (Å²) in [6, 6.07) is 16.7. The van der Waals surface area contributed by atoms with Crippen LogP contribution in [-0.2, 0) is 9.53 Å². The van der Waals surface area contributed by atoms with Gasteiger partial charge in [0.15, 0.2) is 5.78 Å². The minimum atomic E-state index is -1.11. The van der Waals surface area contributed by atoms with Gasteiger partial charge in [0.1, 0.15) is 11.9 Å². The summed E-state index contributed by atoms with van der Waals surface area (Å²) in [6.45, 7) is 3.19. The third kappa shape index (κ3) is 5.31. The van der Waals surface area contributed by atoms with Gasteiger partial charge in [-0.1, -0.05) is 43.3 Å². The quantitative estimate of drug-likeness (QED) is 0.344. The molecule has 0 fully saturated rings. The highest BCUT2D eigenvalue weighted by atomic mass is 16.6. The van der Waals surface area contributed by atoms with Crippen molar-refractivity contribution in [1.82, 2.24) is 0 Å². The fraction of sp³-hybridized carbons (Fsp3) is 0.160. The maximum Gasteiger partial charge on any atom is 0.412 e. The third-order valence-corrected chi connectivity index (χ3v) is 5.03. The third-order valence-electron chi connectivity index (χ3n) is 5.03. The molecule has 32 heavy (non-hydrogen) atoms. The number of benzene rings is 3. The van der Waals surface area contributed by atoms with Gasteiger partial charge in [0.05, 0.1) is 0 Å². The average molecular weight is 433 g/mol. The van der Waals surface area contributed by atoms with Gasteiger partial charge in [-0.05, 0) is 42.6 Å². The first-order valence-corrected chi connectivity index (χ1v) is 9.96. The number of carboxylic acid groups (broad SMARTS) is 1. The number of carboxylic acids is 1. The molecule has 1 amide bonds. The van der Waals surface area contributed by atoms with Crippen LogP contribution in [0.25, 0.3) is 10.8 Å². The number of phenols is 1. The van der Waals surface area contributed by atoms with Gasteiger partial charge in [0.2, 0.25) is 0 Å². The van der Waals surface area contributed by atoms with Crippen LogP contribution in [0.2, 0.25) is 0 Å². The second-order valence-corrected chi connectivity index (χ2v) is 7.36. The molecule has 0 spiro atoms. The average Bonchev–Trinajstić information content (AvgIpc) is 2.77. The summed E-state index contributed by atoms with van der Waals surface area (Å²) < 4.78 is 5.72. The lowest BCUT2D eigenvalue weighted by molar-refractivity contribution is -0.131. The number of rotatable bonds is 7. The fourth-order valence-electron chi connectivity index (χ4n) is 3.39. The molecule has 0 aliphatic carbocycles. The smallest absolute Gasteiger partial charge is 0.412 e. The molecule has 3 aromatic carbocycles. The molecule has 0 heterocycles. The van der Waals surface area contributed by atoms with Gasteiger partial charge in [-0.15, -0.1) is 0 Å². The monoisotopic (exact) mass is 433 g/mol. The minimum Gasteiger partial charge on any atom is -0.507 e. The van der Waals surface area contributed by atoms with Crippen molar-refractivity contribution in [2.24, 2.45) is 5.92 Å². The minimum absolute atomic E-state index is 0.0857. The Morgan fingerprint density at radius 2 is 1.62 bits per heavy atom. The summed E-state index contributed by atoms with van der Waals surface area (Å²) in [4.78, 5) is 35.1. The fourth-order valence-corrected chi connectivity index (χ4v) is 3.39. The van der Waals surface area contributed by atoms with Crippen LogP contribution >= 0.6 is 0 Å². The van der Waals surface area contributed by atoms with E-state index < -0.39 is 24.1 Å². The van der Waals surface area contributed by atoms with Crippen molar-refractivity contribution in [1.29, 1.82) is 0 Å². The van der Waals surface area contributed by atoms with E-state index >= 15 is 0 Å². The molecule has 164 valence electrons. The lowest BCUT2D eigenvalue weighted by Crippen LogP contribution is -2.21. The van der Waals surface area contributed by atoms with Gasteiger partial charge >= 0.3 is 12.1 Å². The summed E-state index contributed by atoms with van der Waals surface area (Å²) in [5.41, 5.74) is 1.59. The molecule has 0 bridgehead atoms. The second kappa shape index (κ2) is 9.78. The number of carbonyl (C=O) groups excluding carboxylic acids is 2. The van der Waals surface area contributed by atoms with Crippen molar-refractivity contribution in [3.8, 4) is 5.75 Å². The van der Waals surface area contributed by atoms with E-state index in [1.54, 1.807) is 61.5 Å². The Labute approximate surface area is 185 Å². The van der Waals surface area contributed by atoms with Gasteiger partial charge in [-0.2, -0.15) is 0 Å². The zero-order chi connectivity index (χ0) is 23.3. The molecule has 3 N–H and O–H groups in total. The Morgan fingerprint density at radius 3 is 2.25 bits per heavy atom. The van der Waals surface area contributed by atoms with Crippen molar-refractivity contribution in [2.75, 3.05) is 5.32 Å². The number of ether oxygens (including phenoxy) is 1. The first kappa shape index (κ1) is 22.6. The van der Waals surface area contributed by atoms with Crippen molar-refractivity contribution < 1.29 is 29.3 Å². The zero-order valence-corrected chi connectivity index (χ0v) is 17.6. The highest BCUT2D eigenvalue weighted by Crippen LogP contribution is 2.36. The van der Waals surface area contributed by atoms with E-state index in [2.05, 4.69) is 5.32 Å². The SMILES string of the molecule is CC(=O)c1ccc(NC(=O)O[C@@H](c2ccc(O)c3ccccc23)[C@@H](C)/C=C/C(=O)O)cc1. The van der Waals surface area contributed by atoms with Crippen molar-refractivity contribution in [3.05, 3.63) is 83.9 Å². The molecule has 7 nitrogen and oxygen atoms in total. The molecule has 0 aromatic heterocycles. The first-order valence-electron chi connectivity index (χ1n) is 9.96. The van der Waals surface area contributed by atoms with Crippen LogP contribution in [0, 0.1) is 5.92 Å². The van der Waals surface area contributed by atoms with E-state index in [9.17, 15) is 19.5 Å². The maximum atomic E-state index is 12.7. The van der Waals surface area contributed by atoms with Crippen LogP contribution in [0.15, 0.2) is 72.8 Å². The van der Waals surface area contributed by atoms with Crippen LogP contribution in [-0.4, -0.2) is 28.1 Å².